The summed E-state index contributed by atoms with van der Waals surface area (Å²) in [7, 11) is -1.50. The number of ketones is 1. The molecule has 1 heterocycles. The Morgan fingerprint density at radius 2 is 1.75 bits per heavy atom. The van der Waals surface area contributed by atoms with Crippen LogP contribution in [0.25, 0.3) is 0 Å². The molecule has 9 nitrogen and oxygen atoms in total. The number of anilines is 1. The number of halogens is 2. The number of aromatic nitrogens is 1. The van der Waals surface area contributed by atoms with Crippen molar-refractivity contribution in [3.05, 3.63) is 73.6 Å². The van der Waals surface area contributed by atoms with Crippen LogP contribution in [0.3, 0.4) is 0 Å². The molecule has 1 unspecified atom stereocenters. The summed E-state index contributed by atoms with van der Waals surface area (Å²) in [5, 5.41) is 17.0. The van der Waals surface area contributed by atoms with E-state index in [2.05, 4.69) is 10.6 Å². The molecule has 192 valence electrons. The van der Waals surface area contributed by atoms with E-state index in [1.807, 2.05) is 0 Å². The minimum Gasteiger partial charge on any atom is -0.619 e. The van der Waals surface area contributed by atoms with E-state index in [-0.39, 0.29) is 39.3 Å². The Morgan fingerprint density at radius 1 is 1.17 bits per heavy atom. The Kier molecular flexibility index (Phi) is 8.43. The Hall–Kier alpha value is -2.95. The zero-order chi connectivity index (χ0) is 26.8. The number of amides is 1. The standard InChI is InChI=1S/C24H25Cl2N3O6S/c1-5-35-23(32)17(28-20-19(36(4)34)21(30)24(20,2)3)10-13-6-8-14(9-7-13)27-22(31)18-15(25)11-29(33)12-16(18)26/h6-9,11-12,17,28H,5,10H2,1-4H3,(H,27,31)/t17-,36?/m0/s1. The molecular weight excluding hydrogens is 529 g/mol. The second kappa shape index (κ2) is 11.0. The van der Waals surface area contributed by atoms with E-state index in [4.69, 9.17) is 27.9 Å². The number of carbonyl (C=O) groups is 3. The lowest BCUT2D eigenvalue weighted by atomic mass is 9.74. The fraction of sp³-hybridized carbons (Fsp3) is 0.333. The van der Waals surface area contributed by atoms with Gasteiger partial charge >= 0.3 is 5.97 Å². The van der Waals surface area contributed by atoms with Crippen LogP contribution in [0.5, 0.6) is 0 Å². The minimum absolute atomic E-state index is 0.0314. The molecule has 0 aliphatic heterocycles. The van der Waals surface area contributed by atoms with Crippen molar-refractivity contribution in [3.63, 3.8) is 0 Å². The second-order valence-electron chi connectivity index (χ2n) is 8.61. The van der Waals surface area contributed by atoms with Crippen molar-refractivity contribution in [1.29, 1.82) is 0 Å². The van der Waals surface area contributed by atoms with Crippen LogP contribution in [-0.2, 0) is 31.5 Å². The maximum Gasteiger partial charge on any atom is 0.328 e. The topological polar surface area (TPSA) is 129 Å². The first-order valence-electron chi connectivity index (χ1n) is 10.9. The van der Waals surface area contributed by atoms with Crippen LogP contribution in [0, 0.1) is 10.6 Å². The SMILES string of the molecule is CCOC(=O)[C@H](Cc1ccc(NC(=O)c2c(Cl)c[n+]([O-])cc2Cl)cc1)NC1=C(S(C)=O)C(=O)C1(C)C. The monoisotopic (exact) mass is 553 g/mol. The molecule has 0 saturated heterocycles. The molecule has 0 radical (unpaired) electrons. The molecule has 1 amide bonds. The number of rotatable bonds is 9. The lowest BCUT2D eigenvalue weighted by Crippen LogP contribution is -2.52. The van der Waals surface area contributed by atoms with E-state index in [0.29, 0.717) is 16.1 Å². The molecular formula is C24H25Cl2N3O6S. The zero-order valence-corrected chi connectivity index (χ0v) is 22.3. The smallest absolute Gasteiger partial charge is 0.328 e. The summed E-state index contributed by atoms with van der Waals surface area (Å²) in [5.41, 5.74) is 0.727. The average molecular weight is 554 g/mol. The quantitative estimate of drug-likeness (QED) is 0.277. The van der Waals surface area contributed by atoms with Gasteiger partial charge in [0.1, 0.15) is 21.0 Å². The average Bonchev–Trinajstić information content (AvgIpc) is 2.78. The number of allylic oxidation sites excluding steroid dienone is 2. The Bertz CT molecular complexity index is 1250. The molecule has 1 aromatic carbocycles. The largest absolute Gasteiger partial charge is 0.619 e. The molecule has 0 bridgehead atoms. The number of hydrogen-bond acceptors (Lipinski definition) is 7. The van der Waals surface area contributed by atoms with Gasteiger partial charge in [-0.3, -0.25) is 13.8 Å². The molecule has 1 aromatic heterocycles. The Labute approximate surface area is 220 Å². The highest BCUT2D eigenvalue weighted by molar-refractivity contribution is 7.89. The van der Waals surface area contributed by atoms with Crippen LogP contribution in [-0.4, -0.2) is 40.8 Å². The summed E-state index contributed by atoms with van der Waals surface area (Å²) >= 11 is 12.0. The number of benzene rings is 1. The third-order valence-electron chi connectivity index (χ3n) is 5.64. The van der Waals surface area contributed by atoms with Crippen LogP contribution in [0.1, 0.15) is 36.7 Å². The van der Waals surface area contributed by atoms with Gasteiger partial charge in [-0.2, -0.15) is 4.73 Å². The number of carbonyl (C=O) groups excluding carboxylic acids is 3. The Morgan fingerprint density at radius 3 is 2.28 bits per heavy atom. The van der Waals surface area contributed by atoms with E-state index < -0.39 is 34.1 Å². The van der Waals surface area contributed by atoms with E-state index in [1.165, 1.54) is 6.26 Å². The van der Waals surface area contributed by atoms with Crippen LogP contribution in [0.4, 0.5) is 5.69 Å². The van der Waals surface area contributed by atoms with Gasteiger partial charge in [0.05, 0.1) is 28.4 Å². The normalized spacial score (nSPS) is 16.1. The van der Waals surface area contributed by atoms with Crippen LogP contribution in [0.2, 0.25) is 10.0 Å². The van der Waals surface area contributed by atoms with Gasteiger partial charge < -0.3 is 20.6 Å². The summed E-state index contributed by atoms with van der Waals surface area (Å²) in [6, 6.07) is 5.88. The number of esters is 1. The van der Waals surface area contributed by atoms with Gasteiger partial charge in [-0.1, -0.05) is 35.3 Å². The molecule has 0 spiro atoms. The van der Waals surface area contributed by atoms with Crippen LogP contribution in [0.15, 0.2) is 47.3 Å². The summed E-state index contributed by atoms with van der Waals surface area (Å²) in [6.45, 7) is 5.27. The number of Topliss-reactive ketones (excluding diaryl/α,β-unsaturated/α-hetero) is 1. The molecule has 2 atom stereocenters. The van der Waals surface area contributed by atoms with E-state index in [0.717, 1.165) is 18.0 Å². The molecule has 3 rings (SSSR count). The first-order valence-corrected chi connectivity index (χ1v) is 13.2. The second-order valence-corrected chi connectivity index (χ2v) is 10.7. The van der Waals surface area contributed by atoms with E-state index >= 15 is 0 Å². The lowest BCUT2D eigenvalue weighted by Gasteiger charge is -2.39. The van der Waals surface area contributed by atoms with Gasteiger partial charge in [-0.05, 0) is 38.5 Å². The molecule has 12 heteroatoms. The molecule has 2 N–H and O–H groups in total. The third kappa shape index (κ3) is 5.71. The highest BCUT2D eigenvalue weighted by Gasteiger charge is 2.49. The zero-order valence-electron chi connectivity index (χ0n) is 20.0. The Balaban J connectivity index is 1.78. The summed E-state index contributed by atoms with van der Waals surface area (Å²) < 4.78 is 17.7. The van der Waals surface area contributed by atoms with Gasteiger partial charge in [0, 0.05) is 24.1 Å². The predicted molar refractivity (Wildman–Crippen MR) is 137 cm³/mol. The summed E-state index contributed by atoms with van der Waals surface area (Å²) in [5.74, 6) is -1.33. The molecule has 1 aliphatic rings. The number of ether oxygens (including phenoxy) is 1. The fourth-order valence-corrected chi connectivity index (χ4v) is 5.47. The number of nitrogens with one attached hydrogen (secondary N) is 2. The van der Waals surface area contributed by atoms with Crippen molar-refractivity contribution in [2.45, 2.75) is 33.2 Å². The van der Waals surface area contributed by atoms with Gasteiger partial charge in [0.15, 0.2) is 18.2 Å². The highest BCUT2D eigenvalue weighted by Crippen LogP contribution is 2.42. The summed E-state index contributed by atoms with van der Waals surface area (Å²) in [6.07, 6.45) is 3.69. The first kappa shape index (κ1) is 27.6. The minimum atomic E-state index is -1.50. The number of hydrogen-bond donors (Lipinski definition) is 2. The van der Waals surface area contributed by atoms with E-state index in [9.17, 15) is 23.8 Å². The van der Waals surface area contributed by atoms with Crippen LogP contribution >= 0.6 is 23.2 Å². The maximum atomic E-state index is 12.7. The molecule has 1 aliphatic carbocycles. The molecule has 0 saturated carbocycles. The van der Waals surface area contributed by atoms with Gasteiger partial charge in [-0.25, -0.2) is 4.79 Å². The van der Waals surface area contributed by atoms with Crippen molar-refractivity contribution in [1.82, 2.24) is 5.32 Å². The fourth-order valence-electron chi connectivity index (χ4n) is 3.74. The van der Waals surface area contributed by atoms with Crippen molar-refractivity contribution in [2.75, 3.05) is 18.2 Å². The van der Waals surface area contributed by atoms with Crippen LogP contribution < -0.4 is 15.4 Å². The van der Waals surface area contributed by atoms with Gasteiger partial charge in [0.2, 0.25) is 0 Å². The van der Waals surface area contributed by atoms with Gasteiger partial charge in [-0.15, -0.1) is 0 Å². The molecule has 0 fully saturated rings. The highest BCUT2D eigenvalue weighted by atomic mass is 35.5. The molecule has 36 heavy (non-hydrogen) atoms. The number of nitrogens with zero attached hydrogens (tertiary/aromatic N) is 1. The van der Waals surface area contributed by atoms with Crippen molar-refractivity contribution in [3.8, 4) is 0 Å². The van der Waals surface area contributed by atoms with Crippen molar-refractivity contribution < 1.29 is 28.1 Å². The number of pyridine rings is 1. The third-order valence-corrected chi connectivity index (χ3v) is 7.18. The van der Waals surface area contributed by atoms with Crippen molar-refractivity contribution >= 4 is 57.3 Å². The lowest BCUT2D eigenvalue weighted by molar-refractivity contribution is -0.605. The summed E-state index contributed by atoms with van der Waals surface area (Å²) in [4.78, 5) is 37.8. The first-order chi connectivity index (χ1) is 16.9. The maximum absolute atomic E-state index is 12.7. The van der Waals surface area contributed by atoms with Gasteiger partial charge in [0.25, 0.3) is 5.91 Å². The predicted octanol–water partition coefficient (Wildman–Crippen LogP) is 3.14. The van der Waals surface area contributed by atoms with Crippen molar-refractivity contribution in [2.24, 2.45) is 5.41 Å². The van der Waals surface area contributed by atoms with E-state index in [1.54, 1.807) is 45.0 Å². The molecule has 2 aromatic rings.